The van der Waals surface area contributed by atoms with Gasteiger partial charge in [0.1, 0.15) is 6.79 Å². The monoisotopic (exact) mass is 172 g/mol. The Hall–Kier alpha value is -0.120. The van der Waals surface area contributed by atoms with Crippen molar-refractivity contribution in [1.82, 2.24) is 0 Å². The number of ether oxygens (including phenoxy) is 2. The van der Waals surface area contributed by atoms with E-state index in [-0.39, 0.29) is 5.41 Å². The van der Waals surface area contributed by atoms with E-state index in [0.717, 1.165) is 19.3 Å². The Labute approximate surface area is 72.7 Å². The van der Waals surface area contributed by atoms with Crippen LogP contribution < -0.4 is 0 Å². The first kappa shape index (κ1) is 8.48. The Morgan fingerprint density at radius 3 is 2.33 bits per heavy atom. The van der Waals surface area contributed by atoms with Gasteiger partial charge in [0.2, 0.25) is 0 Å². The van der Waals surface area contributed by atoms with E-state index >= 15 is 0 Å². The molecule has 0 radical (unpaired) electrons. The van der Waals surface area contributed by atoms with Crippen LogP contribution in [0.2, 0.25) is 0 Å². The highest BCUT2D eigenvalue weighted by molar-refractivity contribution is 5.01. The minimum Gasteiger partial charge on any atom is -0.389 e. The van der Waals surface area contributed by atoms with Gasteiger partial charge in [-0.15, -0.1) is 0 Å². The van der Waals surface area contributed by atoms with Gasteiger partial charge in [0.15, 0.2) is 0 Å². The largest absolute Gasteiger partial charge is 0.389 e. The molecule has 12 heavy (non-hydrogen) atoms. The molecule has 1 heterocycles. The summed E-state index contributed by atoms with van der Waals surface area (Å²) in [5, 5.41) is 10.1. The van der Waals surface area contributed by atoms with Crippen LogP contribution in [-0.2, 0) is 9.47 Å². The highest BCUT2D eigenvalue weighted by atomic mass is 16.7. The molecule has 0 aromatic heterocycles. The first-order valence-corrected chi connectivity index (χ1v) is 4.54. The zero-order valence-electron chi connectivity index (χ0n) is 7.51. The molecule has 1 aliphatic heterocycles. The topological polar surface area (TPSA) is 38.7 Å². The zero-order valence-corrected chi connectivity index (χ0v) is 7.51. The summed E-state index contributed by atoms with van der Waals surface area (Å²) in [5.41, 5.74) is -0.710. The fourth-order valence-electron chi connectivity index (χ4n) is 2.34. The van der Waals surface area contributed by atoms with Crippen LogP contribution in [0.4, 0.5) is 0 Å². The second kappa shape index (κ2) is 2.69. The summed E-state index contributed by atoms with van der Waals surface area (Å²) in [6, 6.07) is 0. The van der Waals surface area contributed by atoms with E-state index in [1.165, 1.54) is 0 Å². The minimum absolute atomic E-state index is 0.120. The van der Waals surface area contributed by atoms with Gasteiger partial charge in [-0.1, -0.05) is 0 Å². The van der Waals surface area contributed by atoms with Crippen LogP contribution in [0.1, 0.15) is 26.2 Å². The van der Waals surface area contributed by atoms with E-state index in [2.05, 4.69) is 0 Å². The third kappa shape index (κ3) is 1.08. The second-order valence-electron chi connectivity index (χ2n) is 4.22. The van der Waals surface area contributed by atoms with Crippen molar-refractivity contribution in [1.29, 1.82) is 0 Å². The summed E-state index contributed by atoms with van der Waals surface area (Å²) in [4.78, 5) is 0. The first-order valence-electron chi connectivity index (χ1n) is 4.54. The summed E-state index contributed by atoms with van der Waals surface area (Å²) in [6.07, 6.45) is 2.99. The van der Waals surface area contributed by atoms with Crippen molar-refractivity contribution in [3.8, 4) is 0 Å². The van der Waals surface area contributed by atoms with Crippen LogP contribution >= 0.6 is 0 Å². The molecule has 1 atom stereocenters. The van der Waals surface area contributed by atoms with Crippen molar-refractivity contribution in [3.63, 3.8) is 0 Å². The van der Waals surface area contributed by atoms with E-state index in [1.807, 2.05) is 6.92 Å². The number of hydrogen-bond donors (Lipinski definition) is 1. The van der Waals surface area contributed by atoms with Gasteiger partial charge < -0.3 is 14.6 Å². The third-order valence-corrected chi connectivity index (χ3v) is 3.38. The Balaban J connectivity index is 2.17. The minimum atomic E-state index is -0.590. The Morgan fingerprint density at radius 2 is 1.83 bits per heavy atom. The molecule has 2 rings (SSSR count). The van der Waals surface area contributed by atoms with Gasteiger partial charge in [0, 0.05) is 5.41 Å². The van der Waals surface area contributed by atoms with Gasteiger partial charge in [-0.3, -0.25) is 0 Å². The van der Waals surface area contributed by atoms with E-state index in [4.69, 9.17) is 9.47 Å². The van der Waals surface area contributed by atoms with Gasteiger partial charge >= 0.3 is 0 Å². The van der Waals surface area contributed by atoms with Gasteiger partial charge in [0.05, 0.1) is 18.8 Å². The maximum Gasteiger partial charge on any atom is 0.146 e. The maximum absolute atomic E-state index is 10.1. The lowest BCUT2D eigenvalue weighted by Crippen LogP contribution is -2.50. The zero-order chi connectivity index (χ0) is 8.66. The molecular weight excluding hydrogens is 156 g/mol. The molecule has 1 aliphatic carbocycles. The molecule has 1 N–H and O–H groups in total. The Morgan fingerprint density at radius 1 is 1.17 bits per heavy atom. The van der Waals surface area contributed by atoms with Crippen LogP contribution in [0.15, 0.2) is 0 Å². The summed E-state index contributed by atoms with van der Waals surface area (Å²) in [7, 11) is 0. The quantitative estimate of drug-likeness (QED) is 0.590. The molecule has 0 amide bonds. The van der Waals surface area contributed by atoms with Crippen molar-refractivity contribution >= 4 is 0 Å². The molecule has 2 fully saturated rings. The lowest BCUT2D eigenvalue weighted by molar-refractivity contribution is -0.211. The fourth-order valence-corrected chi connectivity index (χ4v) is 2.34. The number of aliphatic hydroxyl groups is 1. The maximum atomic E-state index is 10.1. The van der Waals surface area contributed by atoms with Crippen molar-refractivity contribution in [2.75, 3.05) is 20.0 Å². The average molecular weight is 172 g/mol. The van der Waals surface area contributed by atoms with E-state index in [0.29, 0.717) is 20.0 Å². The summed E-state index contributed by atoms with van der Waals surface area (Å²) >= 11 is 0. The summed E-state index contributed by atoms with van der Waals surface area (Å²) in [5.74, 6) is 0. The Bertz CT molecular complexity index is 171. The molecule has 70 valence electrons. The van der Waals surface area contributed by atoms with Crippen LogP contribution in [0.25, 0.3) is 0 Å². The van der Waals surface area contributed by atoms with Gasteiger partial charge in [-0.25, -0.2) is 0 Å². The third-order valence-electron chi connectivity index (χ3n) is 3.38. The normalized spacial score (nSPS) is 40.5. The highest BCUT2D eigenvalue weighted by Gasteiger charge is 2.52. The standard InChI is InChI=1S/C9H16O3/c1-8(10)3-2-4-9(8)5-11-7-12-6-9/h10H,2-7H2,1H3. The SMILES string of the molecule is CC1(O)CCCC12COCOC2. The molecule has 1 saturated heterocycles. The van der Waals surface area contributed by atoms with E-state index in [1.54, 1.807) is 0 Å². The predicted molar refractivity (Wildman–Crippen MR) is 43.7 cm³/mol. The molecular formula is C9H16O3. The number of rotatable bonds is 0. The summed E-state index contributed by atoms with van der Waals surface area (Å²) in [6.45, 7) is 3.59. The van der Waals surface area contributed by atoms with Crippen LogP contribution in [-0.4, -0.2) is 30.7 Å². The molecule has 0 aromatic carbocycles. The second-order valence-corrected chi connectivity index (χ2v) is 4.22. The van der Waals surface area contributed by atoms with Crippen molar-refractivity contribution in [2.45, 2.75) is 31.8 Å². The van der Waals surface area contributed by atoms with Crippen molar-refractivity contribution in [3.05, 3.63) is 0 Å². The highest BCUT2D eigenvalue weighted by Crippen LogP contribution is 2.47. The summed E-state index contributed by atoms with van der Waals surface area (Å²) < 4.78 is 10.5. The molecule has 2 aliphatic rings. The Kier molecular flexibility index (Phi) is 1.90. The molecule has 0 bridgehead atoms. The van der Waals surface area contributed by atoms with Crippen LogP contribution in [0, 0.1) is 5.41 Å². The molecule has 1 saturated carbocycles. The lowest BCUT2D eigenvalue weighted by Gasteiger charge is -2.42. The molecule has 0 aromatic rings. The van der Waals surface area contributed by atoms with Crippen LogP contribution in [0.5, 0.6) is 0 Å². The van der Waals surface area contributed by atoms with Crippen molar-refractivity contribution in [2.24, 2.45) is 5.41 Å². The smallest absolute Gasteiger partial charge is 0.146 e. The molecule has 3 heteroatoms. The average Bonchev–Trinajstić information content (AvgIpc) is 2.30. The first-order chi connectivity index (χ1) is 5.66. The number of hydrogen-bond acceptors (Lipinski definition) is 3. The van der Waals surface area contributed by atoms with Crippen LogP contribution in [0.3, 0.4) is 0 Å². The van der Waals surface area contributed by atoms with Crippen molar-refractivity contribution < 1.29 is 14.6 Å². The lowest BCUT2D eigenvalue weighted by atomic mass is 9.76. The van der Waals surface area contributed by atoms with E-state index in [9.17, 15) is 5.11 Å². The molecule has 1 unspecified atom stereocenters. The fraction of sp³-hybridized carbons (Fsp3) is 1.00. The molecule has 1 spiro atoms. The predicted octanol–water partition coefficient (Wildman–Crippen LogP) is 0.912. The molecule has 3 nitrogen and oxygen atoms in total. The van der Waals surface area contributed by atoms with Gasteiger partial charge in [-0.05, 0) is 26.2 Å². The van der Waals surface area contributed by atoms with Gasteiger partial charge in [-0.2, -0.15) is 0 Å². The van der Waals surface area contributed by atoms with E-state index < -0.39 is 5.60 Å². The van der Waals surface area contributed by atoms with Gasteiger partial charge in [0.25, 0.3) is 0 Å².